The van der Waals surface area contributed by atoms with Gasteiger partial charge in [0.1, 0.15) is 4.70 Å². The summed E-state index contributed by atoms with van der Waals surface area (Å²) in [7, 11) is 0. The van der Waals surface area contributed by atoms with E-state index < -0.39 is 0 Å². The van der Waals surface area contributed by atoms with Crippen molar-refractivity contribution in [3.8, 4) is 5.88 Å². The Bertz CT molecular complexity index is 400. The zero-order chi connectivity index (χ0) is 7.84. The van der Waals surface area contributed by atoms with Gasteiger partial charge in [0, 0.05) is 0 Å². The van der Waals surface area contributed by atoms with Gasteiger partial charge in [0.2, 0.25) is 11.2 Å². The Morgan fingerprint density at radius 3 is 3.09 bits per heavy atom. The monoisotopic (exact) mass is 186 g/mol. The topological polar surface area (TPSA) is 46.0 Å². The maximum Gasteiger partial charge on any atom is 0.233 e. The molecule has 5 heteroatoms. The average molecular weight is 187 g/mol. The van der Waals surface area contributed by atoms with Crippen LogP contribution in [0.3, 0.4) is 0 Å². The molecule has 3 nitrogen and oxygen atoms in total. The highest BCUT2D eigenvalue weighted by atomic mass is 35.5. The largest absolute Gasteiger partial charge is 0.492 e. The number of rotatable bonds is 0. The molecule has 0 amide bonds. The fourth-order valence-electron chi connectivity index (χ4n) is 0.820. The molecule has 2 aromatic rings. The van der Waals surface area contributed by atoms with E-state index in [1.54, 1.807) is 6.07 Å². The average Bonchev–Trinajstić information content (AvgIpc) is 2.34. The van der Waals surface area contributed by atoms with Crippen molar-refractivity contribution >= 4 is 33.2 Å². The summed E-state index contributed by atoms with van der Waals surface area (Å²) in [4.78, 5) is 7.50. The first-order valence-electron chi connectivity index (χ1n) is 2.87. The molecule has 2 rings (SSSR count). The summed E-state index contributed by atoms with van der Waals surface area (Å²) in [5.74, 6) is -0.0463. The van der Waals surface area contributed by atoms with Crippen LogP contribution in [0.1, 0.15) is 0 Å². The van der Waals surface area contributed by atoms with Crippen LogP contribution in [-0.2, 0) is 0 Å². The second kappa shape index (κ2) is 2.32. The van der Waals surface area contributed by atoms with Gasteiger partial charge < -0.3 is 5.11 Å². The van der Waals surface area contributed by atoms with E-state index in [0.29, 0.717) is 10.2 Å². The molecule has 0 saturated heterocycles. The minimum absolute atomic E-state index is 0.0463. The first-order valence-corrected chi connectivity index (χ1v) is 4.13. The standard InChI is InChI=1S/C6H3ClN2OS/c7-6-8-3-1-2-11-4(3)5(10)9-6/h1-2H,(H,8,9,10). The fourth-order valence-corrected chi connectivity index (χ4v) is 1.71. The van der Waals surface area contributed by atoms with E-state index in [1.165, 1.54) is 11.3 Å². The predicted molar refractivity (Wildman–Crippen MR) is 44.1 cm³/mol. The van der Waals surface area contributed by atoms with Crippen molar-refractivity contribution in [2.75, 3.05) is 0 Å². The number of aromatic nitrogens is 2. The fraction of sp³-hybridized carbons (Fsp3) is 0. The lowest BCUT2D eigenvalue weighted by Crippen LogP contribution is -1.80. The van der Waals surface area contributed by atoms with Gasteiger partial charge in [-0.3, -0.25) is 0 Å². The quantitative estimate of drug-likeness (QED) is 0.641. The van der Waals surface area contributed by atoms with E-state index in [-0.39, 0.29) is 11.2 Å². The van der Waals surface area contributed by atoms with Gasteiger partial charge in [-0.2, -0.15) is 4.98 Å². The SMILES string of the molecule is Oc1nc(Cl)nc2ccsc12. The zero-order valence-electron chi connectivity index (χ0n) is 5.28. The Hall–Kier alpha value is -0.870. The minimum Gasteiger partial charge on any atom is -0.492 e. The maximum atomic E-state index is 9.22. The molecule has 0 bridgehead atoms. The third kappa shape index (κ3) is 1.04. The predicted octanol–water partition coefficient (Wildman–Crippen LogP) is 2.05. The van der Waals surface area contributed by atoms with Crippen molar-refractivity contribution in [1.82, 2.24) is 9.97 Å². The van der Waals surface area contributed by atoms with Crippen molar-refractivity contribution in [3.05, 3.63) is 16.7 Å². The summed E-state index contributed by atoms with van der Waals surface area (Å²) in [5, 5.41) is 11.1. The third-order valence-electron chi connectivity index (χ3n) is 1.26. The van der Waals surface area contributed by atoms with Gasteiger partial charge in [-0.1, -0.05) is 0 Å². The van der Waals surface area contributed by atoms with Crippen LogP contribution in [0.4, 0.5) is 0 Å². The number of fused-ring (bicyclic) bond motifs is 1. The number of nitrogens with zero attached hydrogens (tertiary/aromatic N) is 2. The highest BCUT2D eigenvalue weighted by molar-refractivity contribution is 7.17. The molecule has 0 aliphatic rings. The molecule has 0 unspecified atom stereocenters. The lowest BCUT2D eigenvalue weighted by Gasteiger charge is -1.92. The Labute approximate surface area is 71.3 Å². The molecule has 2 aromatic heterocycles. The van der Waals surface area contributed by atoms with Gasteiger partial charge >= 0.3 is 0 Å². The van der Waals surface area contributed by atoms with Gasteiger partial charge in [0.15, 0.2) is 0 Å². The summed E-state index contributed by atoms with van der Waals surface area (Å²) in [6.07, 6.45) is 0. The first kappa shape index (κ1) is 6.82. The Balaban J connectivity index is 2.91. The van der Waals surface area contributed by atoms with Crippen molar-refractivity contribution in [1.29, 1.82) is 0 Å². The molecule has 0 aliphatic heterocycles. The number of hydrogen-bond donors (Lipinski definition) is 1. The molecule has 56 valence electrons. The van der Waals surface area contributed by atoms with E-state index in [1.807, 2.05) is 5.38 Å². The van der Waals surface area contributed by atoms with Gasteiger partial charge in [-0.15, -0.1) is 11.3 Å². The number of hydrogen-bond acceptors (Lipinski definition) is 4. The molecule has 0 aliphatic carbocycles. The van der Waals surface area contributed by atoms with Crippen LogP contribution in [0.2, 0.25) is 5.28 Å². The molecule has 2 heterocycles. The van der Waals surface area contributed by atoms with Crippen LogP contribution in [0.5, 0.6) is 5.88 Å². The lowest BCUT2D eigenvalue weighted by molar-refractivity contribution is 0.460. The highest BCUT2D eigenvalue weighted by Gasteiger charge is 2.04. The second-order valence-corrected chi connectivity index (χ2v) is 3.21. The van der Waals surface area contributed by atoms with Crippen molar-refractivity contribution < 1.29 is 5.11 Å². The van der Waals surface area contributed by atoms with E-state index >= 15 is 0 Å². The van der Waals surface area contributed by atoms with Crippen molar-refractivity contribution in [2.24, 2.45) is 0 Å². The van der Waals surface area contributed by atoms with Crippen LogP contribution in [0.15, 0.2) is 11.4 Å². The van der Waals surface area contributed by atoms with Crippen LogP contribution < -0.4 is 0 Å². The van der Waals surface area contributed by atoms with Crippen molar-refractivity contribution in [3.63, 3.8) is 0 Å². The highest BCUT2D eigenvalue weighted by Crippen LogP contribution is 2.27. The number of aromatic hydroxyl groups is 1. The molecule has 0 aromatic carbocycles. The van der Waals surface area contributed by atoms with E-state index in [2.05, 4.69) is 9.97 Å². The maximum absolute atomic E-state index is 9.22. The molecule has 0 spiro atoms. The van der Waals surface area contributed by atoms with Crippen molar-refractivity contribution in [2.45, 2.75) is 0 Å². The Morgan fingerprint density at radius 2 is 2.27 bits per heavy atom. The van der Waals surface area contributed by atoms with Crippen LogP contribution in [0, 0.1) is 0 Å². The van der Waals surface area contributed by atoms with E-state index in [4.69, 9.17) is 11.6 Å². The van der Waals surface area contributed by atoms with Gasteiger partial charge in [0.25, 0.3) is 0 Å². The molecule has 0 fully saturated rings. The second-order valence-electron chi connectivity index (χ2n) is 1.95. The first-order chi connectivity index (χ1) is 5.27. The van der Waals surface area contributed by atoms with Gasteiger partial charge in [-0.25, -0.2) is 4.98 Å². The molecule has 0 saturated carbocycles. The van der Waals surface area contributed by atoms with E-state index in [9.17, 15) is 5.11 Å². The summed E-state index contributed by atoms with van der Waals surface area (Å²) in [5.41, 5.74) is 0.688. The lowest BCUT2D eigenvalue weighted by atomic mass is 10.5. The van der Waals surface area contributed by atoms with Gasteiger partial charge in [0.05, 0.1) is 5.52 Å². The summed E-state index contributed by atoms with van der Waals surface area (Å²) < 4.78 is 0.675. The summed E-state index contributed by atoms with van der Waals surface area (Å²) >= 11 is 6.89. The van der Waals surface area contributed by atoms with Gasteiger partial charge in [-0.05, 0) is 23.0 Å². The van der Waals surface area contributed by atoms with Crippen LogP contribution in [0.25, 0.3) is 10.2 Å². The number of halogens is 1. The summed E-state index contributed by atoms with van der Waals surface area (Å²) in [6, 6.07) is 1.78. The minimum atomic E-state index is -0.0463. The normalized spacial score (nSPS) is 10.6. The van der Waals surface area contributed by atoms with E-state index in [0.717, 1.165) is 0 Å². The third-order valence-corrected chi connectivity index (χ3v) is 2.33. The molecule has 0 atom stereocenters. The smallest absolute Gasteiger partial charge is 0.233 e. The molecule has 0 radical (unpaired) electrons. The Kier molecular flexibility index (Phi) is 1.44. The number of thiophene rings is 1. The van der Waals surface area contributed by atoms with Crippen LogP contribution >= 0.6 is 22.9 Å². The molecular formula is C6H3ClN2OS. The molecule has 1 N–H and O–H groups in total. The molecule has 11 heavy (non-hydrogen) atoms. The summed E-state index contributed by atoms with van der Waals surface area (Å²) in [6.45, 7) is 0. The Morgan fingerprint density at radius 1 is 1.45 bits per heavy atom. The van der Waals surface area contributed by atoms with Crippen LogP contribution in [-0.4, -0.2) is 15.1 Å². The molecular weight excluding hydrogens is 184 g/mol. The zero-order valence-corrected chi connectivity index (χ0v) is 6.85.